The quantitative estimate of drug-likeness (QED) is 0.0261. The van der Waals surface area contributed by atoms with Crippen LogP contribution < -0.4 is 0 Å². The van der Waals surface area contributed by atoms with Crippen LogP contribution in [0.1, 0.15) is 303 Å². The highest BCUT2D eigenvalue weighted by molar-refractivity contribution is 5.71. The lowest BCUT2D eigenvalue weighted by atomic mass is 10.0. The Hall–Kier alpha value is -3.67. The van der Waals surface area contributed by atoms with Gasteiger partial charge in [-0.25, -0.2) is 0 Å². The van der Waals surface area contributed by atoms with Gasteiger partial charge in [0.15, 0.2) is 6.10 Å². The third-order valence-electron chi connectivity index (χ3n) is 13.6. The van der Waals surface area contributed by atoms with Crippen molar-refractivity contribution < 1.29 is 28.6 Å². The summed E-state index contributed by atoms with van der Waals surface area (Å²) in [5.41, 5.74) is 0. The van der Waals surface area contributed by atoms with Gasteiger partial charge in [0, 0.05) is 19.3 Å². The summed E-state index contributed by atoms with van der Waals surface area (Å²) in [5, 5.41) is 0. The second-order valence-electron chi connectivity index (χ2n) is 21.0. The largest absolute Gasteiger partial charge is 0.462 e. The van der Waals surface area contributed by atoms with Gasteiger partial charge in [0.05, 0.1) is 0 Å². The molecule has 0 aliphatic rings. The Bertz CT molecular complexity index is 1480. The highest BCUT2D eigenvalue weighted by Crippen LogP contribution is 2.17. The molecule has 0 aliphatic carbocycles. The fourth-order valence-electron chi connectivity index (χ4n) is 8.87. The molecule has 0 fully saturated rings. The van der Waals surface area contributed by atoms with Gasteiger partial charge in [-0.05, 0) is 83.5 Å². The van der Waals surface area contributed by atoms with Gasteiger partial charge in [0.2, 0.25) is 0 Å². The molecule has 1 atom stereocenters. The zero-order valence-electron chi connectivity index (χ0n) is 49.3. The third kappa shape index (κ3) is 61.1. The Morgan fingerprint density at radius 2 is 0.520 bits per heavy atom. The van der Waals surface area contributed by atoms with Crippen molar-refractivity contribution >= 4 is 17.9 Å². The van der Waals surface area contributed by atoms with Crippen LogP contribution in [0.15, 0.2) is 97.2 Å². The molecule has 6 nitrogen and oxygen atoms in total. The molecular weight excluding hydrogens is 925 g/mol. The molecule has 0 aromatic carbocycles. The number of unbranched alkanes of at least 4 members (excludes halogenated alkanes) is 30. The number of allylic oxidation sites excluding steroid dienone is 16. The van der Waals surface area contributed by atoms with Crippen LogP contribution in [-0.2, 0) is 28.6 Å². The van der Waals surface area contributed by atoms with E-state index in [9.17, 15) is 14.4 Å². The lowest BCUT2D eigenvalue weighted by molar-refractivity contribution is -0.167. The van der Waals surface area contributed by atoms with Crippen molar-refractivity contribution in [1.82, 2.24) is 0 Å². The van der Waals surface area contributed by atoms with E-state index in [2.05, 4.69) is 118 Å². The highest BCUT2D eigenvalue weighted by atomic mass is 16.6. The van der Waals surface area contributed by atoms with E-state index in [1.807, 2.05) is 0 Å². The lowest BCUT2D eigenvalue weighted by Crippen LogP contribution is -2.30. The Morgan fingerprint density at radius 1 is 0.280 bits per heavy atom. The van der Waals surface area contributed by atoms with Gasteiger partial charge in [0.25, 0.3) is 0 Å². The first-order chi connectivity index (χ1) is 37.0. The lowest BCUT2D eigenvalue weighted by Gasteiger charge is -2.18. The van der Waals surface area contributed by atoms with Crippen molar-refractivity contribution in [3.8, 4) is 0 Å². The molecule has 1 unspecified atom stereocenters. The van der Waals surface area contributed by atoms with Gasteiger partial charge in [-0.3, -0.25) is 14.4 Å². The summed E-state index contributed by atoms with van der Waals surface area (Å²) in [7, 11) is 0. The average molecular weight is 1040 g/mol. The maximum atomic E-state index is 12.9. The number of rotatable bonds is 57. The van der Waals surface area contributed by atoms with E-state index in [4.69, 9.17) is 14.2 Å². The molecule has 0 amide bonds. The Kier molecular flexibility index (Phi) is 59.8. The molecule has 75 heavy (non-hydrogen) atoms. The van der Waals surface area contributed by atoms with Crippen molar-refractivity contribution in [2.45, 2.75) is 309 Å². The number of esters is 3. The second-order valence-corrected chi connectivity index (χ2v) is 21.0. The van der Waals surface area contributed by atoms with E-state index in [-0.39, 0.29) is 31.1 Å². The molecular formula is C69H118O6. The third-order valence-corrected chi connectivity index (χ3v) is 13.6. The predicted octanol–water partition coefficient (Wildman–Crippen LogP) is 21.7. The molecule has 0 rings (SSSR count). The van der Waals surface area contributed by atoms with Crippen molar-refractivity contribution in [3.05, 3.63) is 97.2 Å². The predicted molar refractivity (Wildman–Crippen MR) is 325 cm³/mol. The van der Waals surface area contributed by atoms with E-state index >= 15 is 0 Å². The average Bonchev–Trinajstić information content (AvgIpc) is 3.41. The zero-order valence-corrected chi connectivity index (χ0v) is 49.3. The van der Waals surface area contributed by atoms with E-state index in [1.165, 1.54) is 154 Å². The molecule has 0 radical (unpaired) electrons. The first-order valence-corrected chi connectivity index (χ1v) is 31.7. The molecule has 0 aromatic rings. The monoisotopic (exact) mass is 1040 g/mol. The summed E-state index contributed by atoms with van der Waals surface area (Å²) in [6.45, 7) is 6.52. The Labute approximate surface area is 464 Å². The smallest absolute Gasteiger partial charge is 0.306 e. The van der Waals surface area contributed by atoms with Gasteiger partial charge in [-0.1, -0.05) is 298 Å². The molecule has 0 spiro atoms. The molecule has 0 saturated carbocycles. The Morgan fingerprint density at radius 3 is 0.813 bits per heavy atom. The number of ether oxygens (including phenoxy) is 3. The molecule has 0 aliphatic heterocycles. The zero-order chi connectivity index (χ0) is 54.3. The van der Waals surface area contributed by atoms with Crippen molar-refractivity contribution in [1.29, 1.82) is 0 Å². The molecule has 0 bridgehead atoms. The first-order valence-electron chi connectivity index (χ1n) is 31.7. The van der Waals surface area contributed by atoms with E-state index < -0.39 is 6.10 Å². The van der Waals surface area contributed by atoms with Gasteiger partial charge in [-0.2, -0.15) is 0 Å². The minimum atomic E-state index is -0.793. The van der Waals surface area contributed by atoms with E-state index in [0.717, 1.165) is 109 Å². The van der Waals surface area contributed by atoms with Crippen LogP contribution >= 0.6 is 0 Å². The molecule has 0 heterocycles. The second kappa shape index (κ2) is 62.9. The van der Waals surface area contributed by atoms with Gasteiger partial charge >= 0.3 is 17.9 Å². The minimum Gasteiger partial charge on any atom is -0.462 e. The van der Waals surface area contributed by atoms with Crippen LogP contribution in [0.5, 0.6) is 0 Å². The summed E-state index contributed by atoms with van der Waals surface area (Å²) >= 11 is 0. The van der Waals surface area contributed by atoms with Crippen LogP contribution in [0.3, 0.4) is 0 Å². The SMILES string of the molecule is CC/C=C\C/C=C\C/C=C\C/C=C\C/C=C\C/C=C\C/C=C\C/C=C\CCCCC(=O)OCC(COC(=O)CCCCCCCCCCCCCCCCC)OC(=O)CCCCCCCCCCCCCCCCC. The fourth-order valence-corrected chi connectivity index (χ4v) is 8.87. The van der Waals surface area contributed by atoms with E-state index in [0.29, 0.717) is 19.3 Å². The maximum absolute atomic E-state index is 12.9. The van der Waals surface area contributed by atoms with Crippen LogP contribution in [0.2, 0.25) is 0 Å². The molecule has 0 saturated heterocycles. The van der Waals surface area contributed by atoms with Crippen LogP contribution in [0.25, 0.3) is 0 Å². The molecule has 0 aromatic heterocycles. The molecule has 0 N–H and O–H groups in total. The molecule has 430 valence electrons. The minimum absolute atomic E-state index is 0.0872. The number of hydrogen-bond donors (Lipinski definition) is 0. The van der Waals surface area contributed by atoms with E-state index in [1.54, 1.807) is 0 Å². The molecule has 6 heteroatoms. The van der Waals surface area contributed by atoms with Crippen molar-refractivity contribution in [3.63, 3.8) is 0 Å². The van der Waals surface area contributed by atoms with Crippen LogP contribution in [0, 0.1) is 0 Å². The summed E-state index contributed by atoms with van der Waals surface area (Å²) in [4.78, 5) is 38.3. The number of carbonyl (C=O) groups is 3. The topological polar surface area (TPSA) is 78.9 Å². The van der Waals surface area contributed by atoms with Gasteiger partial charge in [0.1, 0.15) is 13.2 Å². The standard InChI is InChI=1S/C69H118O6/c1-4-7-10-13-16-19-22-25-28-29-30-31-32-33-34-35-36-37-38-39-42-44-47-50-53-56-59-62-68(71)74-65-66(75-69(72)63-60-57-54-51-48-45-41-27-24-21-18-15-12-9-6-3)64-73-67(70)61-58-55-52-49-46-43-40-26-23-20-17-14-11-8-5-2/h7,10,16,19,25,28,30-31,33-34,36-37,39,42,47,50,66H,4-6,8-9,11-15,17-18,20-24,26-27,29,32,35,38,40-41,43-46,48-49,51-65H2,1-3H3/b10-7-,19-16-,28-25-,31-30-,34-33-,37-36-,42-39-,50-47-. The van der Waals surface area contributed by atoms with Gasteiger partial charge < -0.3 is 14.2 Å². The Balaban J connectivity index is 4.40. The summed E-state index contributed by atoms with van der Waals surface area (Å²) in [6.07, 6.45) is 84.1. The maximum Gasteiger partial charge on any atom is 0.306 e. The number of carbonyl (C=O) groups excluding carboxylic acids is 3. The fraction of sp³-hybridized carbons (Fsp3) is 0.725. The van der Waals surface area contributed by atoms with Crippen LogP contribution in [0.4, 0.5) is 0 Å². The summed E-state index contributed by atoms with van der Waals surface area (Å²) < 4.78 is 16.9. The normalized spacial score (nSPS) is 12.7. The van der Waals surface area contributed by atoms with Crippen molar-refractivity contribution in [2.75, 3.05) is 13.2 Å². The van der Waals surface area contributed by atoms with Gasteiger partial charge in [-0.15, -0.1) is 0 Å². The first kappa shape index (κ1) is 71.3. The highest BCUT2D eigenvalue weighted by Gasteiger charge is 2.19. The number of hydrogen-bond acceptors (Lipinski definition) is 6. The summed E-state index contributed by atoms with van der Waals surface area (Å²) in [5.74, 6) is -0.920. The van der Waals surface area contributed by atoms with Crippen LogP contribution in [-0.4, -0.2) is 37.2 Å². The summed E-state index contributed by atoms with van der Waals surface area (Å²) in [6, 6.07) is 0. The van der Waals surface area contributed by atoms with Crippen molar-refractivity contribution in [2.24, 2.45) is 0 Å².